The maximum atomic E-state index is 2.66. The van der Waals surface area contributed by atoms with Crippen LogP contribution in [-0.4, -0.2) is 14.1 Å². The predicted molar refractivity (Wildman–Crippen MR) is 30.6 cm³/mol. The molecule has 29 valence electrons. The van der Waals surface area contributed by atoms with Crippen LogP contribution in [0.3, 0.4) is 0 Å². The summed E-state index contributed by atoms with van der Waals surface area (Å²) in [4.78, 5) is 0. The Kier molecular flexibility index (Phi) is 8.17. The first-order valence-corrected chi connectivity index (χ1v) is 2.15. The third-order valence-corrected chi connectivity index (χ3v) is 0. The van der Waals surface area contributed by atoms with Crippen molar-refractivity contribution in [2.24, 2.45) is 0 Å². The highest BCUT2D eigenvalue weighted by molar-refractivity contribution is 7.17. The standard InChI is InChI=1S/C3H9P.B/c1-3(2)4;/h3H,4H2,1-2H3;. The Balaban J connectivity index is 0. The summed E-state index contributed by atoms with van der Waals surface area (Å²) in [5.41, 5.74) is 0.750. The third-order valence-electron chi connectivity index (χ3n) is 0. The molecule has 1 unspecified atom stereocenters. The molecule has 0 nitrogen and oxygen atoms in total. The number of hydrogen-bond donors (Lipinski definition) is 0. The van der Waals surface area contributed by atoms with Crippen molar-refractivity contribution in [1.29, 1.82) is 0 Å². The average Bonchev–Trinajstić information content (AvgIpc) is 0.811. The van der Waals surface area contributed by atoms with E-state index in [0.29, 0.717) is 0 Å². The summed E-state index contributed by atoms with van der Waals surface area (Å²) in [5, 5.41) is 0. The lowest BCUT2D eigenvalue weighted by Crippen LogP contribution is -1.69. The fourth-order valence-corrected chi connectivity index (χ4v) is 0. The quantitative estimate of drug-likeness (QED) is 0.304. The molecule has 0 spiro atoms. The van der Waals surface area contributed by atoms with Crippen molar-refractivity contribution in [3.8, 4) is 0 Å². The first-order chi connectivity index (χ1) is 1.73. The maximum absolute atomic E-state index is 2.66. The summed E-state index contributed by atoms with van der Waals surface area (Å²) in [5.74, 6) is 0. The minimum atomic E-state index is 0. The molecular weight excluding hydrogens is 77.8 g/mol. The van der Waals surface area contributed by atoms with Crippen LogP contribution in [0.2, 0.25) is 0 Å². The molecule has 0 aliphatic heterocycles. The summed E-state index contributed by atoms with van der Waals surface area (Å²) in [6.07, 6.45) is 0. The van der Waals surface area contributed by atoms with E-state index in [4.69, 9.17) is 0 Å². The van der Waals surface area contributed by atoms with Gasteiger partial charge in [0.25, 0.3) is 0 Å². The molecule has 0 bridgehead atoms. The number of rotatable bonds is 0. The van der Waals surface area contributed by atoms with Gasteiger partial charge in [-0.05, 0) is 5.66 Å². The smallest absolute Gasteiger partial charge is 0 e. The molecule has 3 radical (unpaired) electrons. The van der Waals surface area contributed by atoms with Crippen LogP contribution in [-0.2, 0) is 0 Å². The average molecular weight is 86.9 g/mol. The SMILES string of the molecule is CC(C)P.[B]. The van der Waals surface area contributed by atoms with E-state index in [0.717, 1.165) is 5.66 Å². The van der Waals surface area contributed by atoms with Crippen LogP contribution in [0, 0.1) is 0 Å². The lowest BCUT2D eigenvalue weighted by Gasteiger charge is -1.79. The third kappa shape index (κ3) is 114. The van der Waals surface area contributed by atoms with E-state index >= 15 is 0 Å². The van der Waals surface area contributed by atoms with E-state index in [1.165, 1.54) is 0 Å². The van der Waals surface area contributed by atoms with Crippen LogP contribution < -0.4 is 0 Å². The molecule has 5 heavy (non-hydrogen) atoms. The minimum Gasteiger partial charge on any atom is -0.135 e. The Morgan fingerprint density at radius 3 is 1.40 bits per heavy atom. The van der Waals surface area contributed by atoms with Gasteiger partial charge in [-0.25, -0.2) is 0 Å². The molecule has 0 fully saturated rings. The van der Waals surface area contributed by atoms with Crippen LogP contribution in [0.15, 0.2) is 0 Å². The molecule has 0 aliphatic rings. The lowest BCUT2D eigenvalue weighted by atomic mass is 10.6. The van der Waals surface area contributed by atoms with Crippen molar-refractivity contribution in [1.82, 2.24) is 0 Å². The monoisotopic (exact) mass is 87.1 g/mol. The van der Waals surface area contributed by atoms with Crippen molar-refractivity contribution in [3.63, 3.8) is 0 Å². The van der Waals surface area contributed by atoms with E-state index in [9.17, 15) is 0 Å². The summed E-state index contributed by atoms with van der Waals surface area (Å²) >= 11 is 0. The second-order valence-corrected chi connectivity index (χ2v) is 2.58. The van der Waals surface area contributed by atoms with E-state index in [1.807, 2.05) is 0 Å². The Labute approximate surface area is 38.1 Å². The normalized spacial score (nSPS) is 7.20. The molecule has 0 amide bonds. The largest absolute Gasteiger partial charge is 0.135 e. The molecule has 0 saturated carbocycles. The molecule has 0 aliphatic carbocycles. The molecule has 1 atom stereocenters. The van der Waals surface area contributed by atoms with Gasteiger partial charge in [-0.2, -0.15) is 0 Å². The molecule has 0 aromatic carbocycles. The van der Waals surface area contributed by atoms with E-state index in [2.05, 4.69) is 23.1 Å². The van der Waals surface area contributed by atoms with Crippen LogP contribution >= 0.6 is 9.24 Å². The van der Waals surface area contributed by atoms with E-state index in [1.54, 1.807) is 0 Å². The van der Waals surface area contributed by atoms with Gasteiger partial charge < -0.3 is 0 Å². The molecule has 0 rings (SSSR count). The molecule has 2 heteroatoms. The van der Waals surface area contributed by atoms with Gasteiger partial charge in [0.1, 0.15) is 0 Å². The van der Waals surface area contributed by atoms with Crippen molar-refractivity contribution >= 4 is 17.7 Å². The van der Waals surface area contributed by atoms with Crippen molar-refractivity contribution in [3.05, 3.63) is 0 Å². The highest BCUT2D eigenvalue weighted by Gasteiger charge is 1.68. The topological polar surface area (TPSA) is 0 Å². The van der Waals surface area contributed by atoms with Crippen LogP contribution in [0.1, 0.15) is 13.8 Å². The fourth-order valence-electron chi connectivity index (χ4n) is 0. The highest BCUT2D eigenvalue weighted by Crippen LogP contribution is 1.90. The summed E-state index contributed by atoms with van der Waals surface area (Å²) in [6.45, 7) is 4.26. The van der Waals surface area contributed by atoms with Gasteiger partial charge in [-0.3, -0.25) is 0 Å². The van der Waals surface area contributed by atoms with Gasteiger partial charge in [0, 0.05) is 8.41 Å². The van der Waals surface area contributed by atoms with E-state index in [-0.39, 0.29) is 8.41 Å². The van der Waals surface area contributed by atoms with Gasteiger partial charge in [0.05, 0.1) is 0 Å². The Morgan fingerprint density at radius 1 is 1.40 bits per heavy atom. The zero-order valence-electron chi connectivity index (χ0n) is 3.73. The second-order valence-electron chi connectivity index (χ2n) is 1.24. The fraction of sp³-hybridized carbons (Fsp3) is 1.00. The Morgan fingerprint density at radius 2 is 1.40 bits per heavy atom. The van der Waals surface area contributed by atoms with Crippen LogP contribution in [0.4, 0.5) is 0 Å². The molecule has 0 aromatic heterocycles. The first kappa shape index (κ1) is 9.09. The second kappa shape index (κ2) is 4.49. The molecule has 0 saturated heterocycles. The molecular formula is C3H9BP. The summed E-state index contributed by atoms with van der Waals surface area (Å²) < 4.78 is 0. The van der Waals surface area contributed by atoms with Crippen LogP contribution in [0.5, 0.6) is 0 Å². The van der Waals surface area contributed by atoms with Gasteiger partial charge >= 0.3 is 0 Å². The van der Waals surface area contributed by atoms with Gasteiger partial charge in [-0.15, -0.1) is 9.24 Å². The van der Waals surface area contributed by atoms with Gasteiger partial charge in [-0.1, -0.05) is 13.8 Å². The molecule has 0 N–H and O–H groups in total. The van der Waals surface area contributed by atoms with Gasteiger partial charge in [0.2, 0.25) is 0 Å². The number of hydrogen-bond acceptors (Lipinski definition) is 0. The predicted octanol–water partition coefficient (Wildman–Crippen LogP) is 0.889. The zero-order valence-corrected chi connectivity index (χ0v) is 4.89. The van der Waals surface area contributed by atoms with Crippen LogP contribution in [0.25, 0.3) is 0 Å². The summed E-state index contributed by atoms with van der Waals surface area (Å²) in [7, 11) is 2.66. The van der Waals surface area contributed by atoms with Gasteiger partial charge in [0.15, 0.2) is 0 Å². The molecule has 0 heterocycles. The minimum absolute atomic E-state index is 0. The van der Waals surface area contributed by atoms with Crippen molar-refractivity contribution in [2.75, 3.05) is 0 Å². The van der Waals surface area contributed by atoms with Crippen molar-refractivity contribution in [2.45, 2.75) is 19.5 Å². The summed E-state index contributed by atoms with van der Waals surface area (Å²) in [6, 6.07) is 0. The van der Waals surface area contributed by atoms with E-state index < -0.39 is 0 Å². The lowest BCUT2D eigenvalue weighted by molar-refractivity contribution is 1.12. The Hall–Kier alpha value is 0.495. The first-order valence-electron chi connectivity index (χ1n) is 1.49. The maximum Gasteiger partial charge on any atom is 0 e. The van der Waals surface area contributed by atoms with Crippen molar-refractivity contribution < 1.29 is 0 Å². The zero-order chi connectivity index (χ0) is 3.58. The Bertz CT molecular complexity index is 11.6. The molecule has 0 aromatic rings. The highest BCUT2D eigenvalue weighted by atomic mass is 31.0.